The van der Waals surface area contributed by atoms with Crippen molar-refractivity contribution in [2.75, 3.05) is 5.32 Å². The van der Waals surface area contributed by atoms with Crippen molar-refractivity contribution in [3.63, 3.8) is 0 Å². The van der Waals surface area contributed by atoms with Crippen LogP contribution in [0, 0.1) is 6.92 Å². The third-order valence-electron chi connectivity index (χ3n) is 3.68. The summed E-state index contributed by atoms with van der Waals surface area (Å²) >= 11 is 0. The predicted octanol–water partition coefficient (Wildman–Crippen LogP) is 3.39. The Morgan fingerprint density at radius 3 is 2.53 bits per heavy atom. The van der Waals surface area contributed by atoms with Crippen LogP contribution in [0.4, 0.5) is 10.5 Å². The molecule has 2 N–H and O–H groups in total. The van der Waals surface area contributed by atoms with Crippen LogP contribution in [0.1, 0.15) is 23.6 Å². The highest BCUT2D eigenvalue weighted by Gasteiger charge is 2.36. The van der Waals surface area contributed by atoms with Gasteiger partial charge < -0.3 is 10.6 Å². The van der Waals surface area contributed by atoms with Gasteiger partial charge in [0, 0.05) is 11.3 Å². The maximum absolute atomic E-state index is 11.9. The number of anilines is 1. The number of hydrogen-bond donors (Lipinski definition) is 2. The van der Waals surface area contributed by atoms with Gasteiger partial charge in [-0.2, -0.15) is 0 Å². The van der Waals surface area contributed by atoms with Crippen molar-refractivity contribution in [2.24, 2.45) is 0 Å². The monoisotopic (exact) mass is 252 g/mol. The SMILES string of the molecule is Cc1ccc2c(c1)[C@@](C)(c1ccccc1)NC(=O)N2. The second kappa shape index (κ2) is 4.12. The summed E-state index contributed by atoms with van der Waals surface area (Å²) in [6.45, 7) is 4.10. The van der Waals surface area contributed by atoms with Gasteiger partial charge in [-0.1, -0.05) is 48.0 Å². The van der Waals surface area contributed by atoms with E-state index in [4.69, 9.17) is 0 Å². The molecule has 0 fully saturated rings. The van der Waals surface area contributed by atoms with Crippen molar-refractivity contribution in [2.45, 2.75) is 19.4 Å². The number of hydrogen-bond acceptors (Lipinski definition) is 1. The molecule has 0 aromatic heterocycles. The average molecular weight is 252 g/mol. The summed E-state index contributed by atoms with van der Waals surface area (Å²) in [5.41, 5.74) is 3.74. The van der Waals surface area contributed by atoms with Gasteiger partial charge in [0.05, 0.1) is 5.54 Å². The Morgan fingerprint density at radius 1 is 1.05 bits per heavy atom. The van der Waals surface area contributed by atoms with Crippen LogP contribution in [0.3, 0.4) is 0 Å². The Kier molecular flexibility index (Phi) is 2.56. The summed E-state index contributed by atoms with van der Waals surface area (Å²) < 4.78 is 0. The third-order valence-corrected chi connectivity index (χ3v) is 3.68. The van der Waals surface area contributed by atoms with E-state index in [1.807, 2.05) is 49.4 Å². The average Bonchev–Trinajstić information content (AvgIpc) is 2.41. The molecule has 1 atom stereocenters. The van der Waals surface area contributed by atoms with E-state index in [2.05, 4.69) is 23.6 Å². The number of carbonyl (C=O) groups is 1. The number of rotatable bonds is 1. The Labute approximate surface area is 112 Å². The maximum atomic E-state index is 11.9. The zero-order valence-electron chi connectivity index (χ0n) is 11.0. The highest BCUT2D eigenvalue weighted by atomic mass is 16.2. The first-order valence-corrected chi connectivity index (χ1v) is 6.35. The molecule has 0 saturated carbocycles. The lowest BCUT2D eigenvalue weighted by Crippen LogP contribution is -2.50. The molecule has 0 bridgehead atoms. The van der Waals surface area contributed by atoms with E-state index in [0.29, 0.717) is 0 Å². The molecule has 0 spiro atoms. The first-order chi connectivity index (χ1) is 9.09. The molecule has 3 heteroatoms. The molecular formula is C16H16N2O. The van der Waals surface area contributed by atoms with Crippen LogP contribution in [0.5, 0.6) is 0 Å². The maximum Gasteiger partial charge on any atom is 0.320 e. The van der Waals surface area contributed by atoms with Crippen molar-refractivity contribution in [3.05, 3.63) is 65.2 Å². The minimum Gasteiger partial charge on any atom is -0.324 e. The van der Waals surface area contributed by atoms with Gasteiger partial charge >= 0.3 is 6.03 Å². The molecule has 0 unspecified atom stereocenters. The molecule has 96 valence electrons. The lowest BCUT2D eigenvalue weighted by Gasteiger charge is -2.37. The van der Waals surface area contributed by atoms with Crippen LogP contribution in [-0.2, 0) is 5.54 Å². The van der Waals surface area contributed by atoms with Crippen LogP contribution in [0.2, 0.25) is 0 Å². The van der Waals surface area contributed by atoms with Crippen LogP contribution >= 0.6 is 0 Å². The number of aryl methyl sites for hydroxylation is 1. The Bertz CT molecular complexity index is 636. The van der Waals surface area contributed by atoms with Gasteiger partial charge in [-0.25, -0.2) is 4.79 Å². The minimum atomic E-state index is -0.495. The van der Waals surface area contributed by atoms with Gasteiger partial charge in [-0.05, 0) is 25.5 Å². The largest absolute Gasteiger partial charge is 0.324 e. The molecule has 0 aliphatic carbocycles. The fourth-order valence-corrected chi connectivity index (χ4v) is 2.63. The summed E-state index contributed by atoms with van der Waals surface area (Å²) in [6.07, 6.45) is 0. The molecule has 2 aromatic carbocycles. The summed E-state index contributed by atoms with van der Waals surface area (Å²) in [6, 6.07) is 16.0. The Hall–Kier alpha value is -2.29. The second-order valence-corrected chi connectivity index (χ2v) is 5.12. The molecule has 2 aromatic rings. The van der Waals surface area contributed by atoms with Gasteiger partial charge in [-0.15, -0.1) is 0 Å². The predicted molar refractivity (Wildman–Crippen MR) is 76.2 cm³/mol. The zero-order chi connectivity index (χ0) is 13.5. The molecule has 2 amide bonds. The number of amides is 2. The number of carbonyl (C=O) groups excluding carboxylic acids is 1. The van der Waals surface area contributed by atoms with Crippen LogP contribution in [-0.4, -0.2) is 6.03 Å². The van der Waals surface area contributed by atoms with Crippen LogP contribution in [0.15, 0.2) is 48.5 Å². The van der Waals surface area contributed by atoms with Gasteiger partial charge in [0.1, 0.15) is 0 Å². The van der Waals surface area contributed by atoms with Crippen molar-refractivity contribution >= 4 is 11.7 Å². The molecule has 19 heavy (non-hydrogen) atoms. The van der Waals surface area contributed by atoms with Crippen molar-refractivity contribution in [3.8, 4) is 0 Å². The van der Waals surface area contributed by atoms with Gasteiger partial charge in [0.2, 0.25) is 0 Å². The third kappa shape index (κ3) is 1.87. The number of nitrogens with one attached hydrogen (secondary N) is 2. The quantitative estimate of drug-likeness (QED) is 0.802. The lowest BCUT2D eigenvalue weighted by molar-refractivity contribution is 0.242. The van der Waals surface area contributed by atoms with Crippen molar-refractivity contribution < 1.29 is 4.79 Å². The van der Waals surface area contributed by atoms with E-state index in [9.17, 15) is 4.79 Å². The second-order valence-electron chi connectivity index (χ2n) is 5.12. The normalized spacial score (nSPS) is 21.3. The first kappa shape index (κ1) is 11.8. The van der Waals surface area contributed by atoms with Gasteiger partial charge in [0.25, 0.3) is 0 Å². The first-order valence-electron chi connectivity index (χ1n) is 6.35. The Balaban J connectivity index is 2.23. The number of benzene rings is 2. The van der Waals surface area contributed by atoms with E-state index in [1.54, 1.807) is 0 Å². The molecule has 0 radical (unpaired) electrons. The number of urea groups is 1. The summed E-state index contributed by atoms with van der Waals surface area (Å²) in [5, 5.41) is 5.90. The van der Waals surface area contributed by atoms with E-state index in [-0.39, 0.29) is 6.03 Å². The summed E-state index contributed by atoms with van der Waals surface area (Å²) in [7, 11) is 0. The molecule has 1 heterocycles. The highest BCUT2D eigenvalue weighted by molar-refractivity contribution is 5.94. The van der Waals surface area contributed by atoms with Crippen LogP contribution in [0.25, 0.3) is 0 Å². The van der Waals surface area contributed by atoms with Gasteiger partial charge in [-0.3, -0.25) is 0 Å². The smallest absolute Gasteiger partial charge is 0.320 e. The van der Waals surface area contributed by atoms with E-state index < -0.39 is 5.54 Å². The van der Waals surface area contributed by atoms with E-state index in [0.717, 1.165) is 16.8 Å². The van der Waals surface area contributed by atoms with E-state index >= 15 is 0 Å². The van der Waals surface area contributed by atoms with Crippen molar-refractivity contribution in [1.82, 2.24) is 5.32 Å². The topological polar surface area (TPSA) is 41.1 Å². The molecule has 1 aliphatic heterocycles. The zero-order valence-corrected chi connectivity index (χ0v) is 11.0. The summed E-state index contributed by atoms with van der Waals surface area (Å²) in [5.74, 6) is 0. The standard InChI is InChI=1S/C16H16N2O/c1-11-8-9-14-13(10-11)16(2,18-15(19)17-14)12-6-4-3-5-7-12/h3-10H,1-2H3,(H2,17,18,19)/t16-/m1/s1. The molecule has 0 saturated heterocycles. The molecular weight excluding hydrogens is 236 g/mol. The number of fused-ring (bicyclic) bond motifs is 1. The molecule has 3 rings (SSSR count). The molecule has 1 aliphatic rings. The highest BCUT2D eigenvalue weighted by Crippen LogP contribution is 2.37. The van der Waals surface area contributed by atoms with Gasteiger partial charge in [0.15, 0.2) is 0 Å². The minimum absolute atomic E-state index is 0.164. The van der Waals surface area contributed by atoms with Crippen LogP contribution < -0.4 is 10.6 Å². The van der Waals surface area contributed by atoms with Crippen molar-refractivity contribution in [1.29, 1.82) is 0 Å². The van der Waals surface area contributed by atoms with E-state index in [1.165, 1.54) is 5.56 Å². The Morgan fingerprint density at radius 2 is 1.79 bits per heavy atom. The molecule has 3 nitrogen and oxygen atoms in total. The fraction of sp³-hybridized carbons (Fsp3) is 0.188. The lowest BCUT2D eigenvalue weighted by atomic mass is 9.82. The summed E-state index contributed by atoms with van der Waals surface area (Å²) in [4.78, 5) is 11.9. The fourth-order valence-electron chi connectivity index (χ4n) is 2.63.